The van der Waals surface area contributed by atoms with E-state index in [0.717, 1.165) is 0 Å². The molecule has 4 amide bonds. The third-order valence-electron chi connectivity index (χ3n) is 8.10. The Labute approximate surface area is 182 Å². The molecule has 32 heavy (non-hydrogen) atoms. The van der Waals surface area contributed by atoms with Crippen molar-refractivity contribution >= 4 is 35.3 Å². The maximum absolute atomic E-state index is 13.4. The zero-order chi connectivity index (χ0) is 21.7. The van der Waals surface area contributed by atoms with E-state index in [2.05, 4.69) is 9.97 Å². The van der Waals surface area contributed by atoms with Crippen molar-refractivity contribution in [2.45, 2.75) is 0 Å². The molecule has 0 radical (unpaired) electrons. The standard InChI is InChI=1S/C24H18N4O4/c29-21-17-11-7-8-12(18(17)22(30)27(21)13-5-1-3-9-25-13)16-15(11)19-20(16)24(32)28(23(19)31)14-6-2-4-10-26-14/h1-12,15-20H/t11-,12-,15-,16-,17+,18+,19-,20-/m1/s1. The second kappa shape index (κ2) is 5.97. The van der Waals surface area contributed by atoms with Gasteiger partial charge in [-0.05, 0) is 47.9 Å². The highest BCUT2D eigenvalue weighted by atomic mass is 16.2. The first-order chi connectivity index (χ1) is 15.6. The van der Waals surface area contributed by atoms with Crippen molar-refractivity contribution in [1.29, 1.82) is 0 Å². The molecule has 2 aliphatic heterocycles. The summed E-state index contributed by atoms with van der Waals surface area (Å²) in [5, 5.41) is 0. The molecule has 8 nitrogen and oxygen atoms in total. The van der Waals surface area contributed by atoms with Gasteiger partial charge in [-0.2, -0.15) is 0 Å². The second-order valence-electron chi connectivity index (χ2n) is 9.20. The lowest BCUT2D eigenvalue weighted by Crippen LogP contribution is -2.63. The average Bonchev–Trinajstić information content (AvgIpc) is 3.19. The van der Waals surface area contributed by atoms with Crippen LogP contribution in [0.3, 0.4) is 0 Å². The van der Waals surface area contributed by atoms with Crippen LogP contribution in [0.2, 0.25) is 0 Å². The van der Waals surface area contributed by atoms with Crippen molar-refractivity contribution in [3.8, 4) is 0 Å². The van der Waals surface area contributed by atoms with Crippen LogP contribution in [0.4, 0.5) is 11.6 Å². The van der Waals surface area contributed by atoms with Crippen molar-refractivity contribution in [3.63, 3.8) is 0 Å². The molecule has 0 N–H and O–H groups in total. The number of hydrogen-bond acceptors (Lipinski definition) is 6. The lowest BCUT2D eigenvalue weighted by Gasteiger charge is -2.60. The lowest BCUT2D eigenvalue weighted by molar-refractivity contribution is -0.166. The molecule has 2 bridgehead atoms. The summed E-state index contributed by atoms with van der Waals surface area (Å²) in [5.41, 5.74) is 0. The lowest BCUT2D eigenvalue weighted by atomic mass is 9.40. The first kappa shape index (κ1) is 17.9. The number of hydrogen-bond donors (Lipinski definition) is 0. The molecule has 4 heterocycles. The number of allylic oxidation sites excluding steroid dienone is 2. The SMILES string of the molecule is O=C1[C@H]2[C@@H]3C=C[C@@H]([C@@H]2C(=O)N1c1ccccn1)[C@H]1[C@H]2C(=O)N(c4ccccn4)C(=O)[C@@H]2[C@H]31. The number of amides is 4. The van der Waals surface area contributed by atoms with Gasteiger partial charge in [-0.25, -0.2) is 19.8 Å². The predicted molar refractivity (Wildman–Crippen MR) is 111 cm³/mol. The van der Waals surface area contributed by atoms with E-state index in [4.69, 9.17) is 0 Å². The Balaban J connectivity index is 1.27. The second-order valence-corrected chi connectivity index (χ2v) is 9.20. The topological polar surface area (TPSA) is 101 Å². The van der Waals surface area contributed by atoms with Gasteiger partial charge >= 0.3 is 0 Å². The van der Waals surface area contributed by atoms with E-state index in [1.165, 1.54) is 9.80 Å². The number of carbonyl (C=O) groups excluding carboxylic acids is 4. The molecule has 2 saturated heterocycles. The fourth-order valence-electron chi connectivity index (χ4n) is 7.02. The summed E-state index contributed by atoms with van der Waals surface area (Å²) in [5.74, 6) is -2.93. The fourth-order valence-corrected chi connectivity index (χ4v) is 7.02. The van der Waals surface area contributed by atoms with E-state index in [9.17, 15) is 19.2 Å². The first-order valence-electron chi connectivity index (χ1n) is 10.9. The van der Waals surface area contributed by atoms with E-state index >= 15 is 0 Å². The largest absolute Gasteiger partial charge is 0.274 e. The molecule has 8 atom stereocenters. The summed E-state index contributed by atoms with van der Waals surface area (Å²) in [7, 11) is 0. The average molecular weight is 426 g/mol. The Hall–Kier alpha value is -3.68. The Morgan fingerprint density at radius 1 is 0.562 bits per heavy atom. The zero-order valence-corrected chi connectivity index (χ0v) is 16.8. The molecule has 2 saturated carbocycles. The van der Waals surface area contributed by atoms with E-state index in [0.29, 0.717) is 11.6 Å². The molecule has 6 aliphatic rings. The summed E-state index contributed by atoms with van der Waals surface area (Å²) in [6.45, 7) is 0. The summed E-state index contributed by atoms with van der Waals surface area (Å²) >= 11 is 0. The number of fused-ring (bicyclic) bond motifs is 1. The number of carbonyl (C=O) groups is 4. The minimum atomic E-state index is -0.506. The van der Waals surface area contributed by atoms with Gasteiger partial charge in [-0.1, -0.05) is 24.3 Å². The van der Waals surface area contributed by atoms with Crippen LogP contribution in [0.1, 0.15) is 0 Å². The van der Waals surface area contributed by atoms with Crippen LogP contribution in [-0.4, -0.2) is 33.6 Å². The van der Waals surface area contributed by atoms with Gasteiger partial charge in [0, 0.05) is 12.4 Å². The Bertz CT molecular complexity index is 1170. The number of imide groups is 2. The van der Waals surface area contributed by atoms with E-state index in [1.807, 2.05) is 12.2 Å². The Kier molecular flexibility index (Phi) is 3.35. The van der Waals surface area contributed by atoms with Gasteiger partial charge in [0.25, 0.3) is 0 Å². The molecule has 2 aromatic heterocycles. The van der Waals surface area contributed by atoms with Crippen LogP contribution in [0, 0.1) is 47.3 Å². The summed E-state index contributed by atoms with van der Waals surface area (Å²) in [4.78, 5) is 64.2. The molecule has 0 unspecified atom stereocenters. The normalized spacial score (nSPS) is 38.6. The van der Waals surface area contributed by atoms with Gasteiger partial charge in [0.05, 0.1) is 23.7 Å². The maximum Gasteiger partial charge on any atom is 0.239 e. The molecule has 158 valence electrons. The monoisotopic (exact) mass is 426 g/mol. The van der Waals surface area contributed by atoms with Crippen molar-refractivity contribution in [2.24, 2.45) is 47.3 Å². The summed E-state index contributed by atoms with van der Waals surface area (Å²) < 4.78 is 0. The van der Waals surface area contributed by atoms with Crippen LogP contribution in [0.25, 0.3) is 0 Å². The Morgan fingerprint density at radius 3 is 1.34 bits per heavy atom. The highest BCUT2D eigenvalue weighted by molar-refractivity contribution is 6.24. The number of aromatic nitrogens is 2. The van der Waals surface area contributed by atoms with Gasteiger partial charge in [0.15, 0.2) is 0 Å². The zero-order valence-electron chi connectivity index (χ0n) is 16.8. The van der Waals surface area contributed by atoms with Crippen molar-refractivity contribution in [1.82, 2.24) is 9.97 Å². The van der Waals surface area contributed by atoms with Crippen LogP contribution < -0.4 is 9.80 Å². The number of nitrogens with zero attached hydrogens (tertiary/aromatic N) is 4. The smallest absolute Gasteiger partial charge is 0.239 e. The molecular formula is C24H18N4O4. The van der Waals surface area contributed by atoms with E-state index < -0.39 is 23.7 Å². The summed E-state index contributed by atoms with van der Waals surface area (Å²) in [6.07, 6.45) is 7.11. The highest BCUT2D eigenvalue weighted by Crippen LogP contribution is 2.68. The molecular weight excluding hydrogens is 408 g/mol. The van der Waals surface area contributed by atoms with Gasteiger partial charge in [0.1, 0.15) is 11.6 Å². The number of pyridine rings is 2. The Morgan fingerprint density at radius 2 is 0.969 bits per heavy atom. The van der Waals surface area contributed by atoms with E-state index in [1.54, 1.807) is 48.8 Å². The quantitative estimate of drug-likeness (QED) is 0.532. The van der Waals surface area contributed by atoms with Crippen molar-refractivity contribution < 1.29 is 19.2 Å². The van der Waals surface area contributed by atoms with Gasteiger partial charge < -0.3 is 0 Å². The molecule has 4 fully saturated rings. The summed E-state index contributed by atoms with van der Waals surface area (Å²) in [6, 6.07) is 10.3. The van der Waals surface area contributed by atoms with Crippen LogP contribution in [0.15, 0.2) is 60.9 Å². The van der Waals surface area contributed by atoms with Gasteiger partial charge in [0.2, 0.25) is 23.6 Å². The van der Waals surface area contributed by atoms with Gasteiger partial charge in [-0.15, -0.1) is 0 Å². The molecule has 4 aliphatic carbocycles. The van der Waals surface area contributed by atoms with E-state index in [-0.39, 0.29) is 47.3 Å². The first-order valence-corrected chi connectivity index (χ1v) is 10.9. The molecule has 0 aromatic carbocycles. The molecule has 8 heteroatoms. The van der Waals surface area contributed by atoms with Crippen LogP contribution in [-0.2, 0) is 19.2 Å². The van der Waals surface area contributed by atoms with Crippen molar-refractivity contribution in [2.75, 3.05) is 9.80 Å². The number of rotatable bonds is 2. The number of anilines is 2. The fraction of sp³-hybridized carbons (Fsp3) is 0.333. The molecule has 2 aromatic rings. The highest BCUT2D eigenvalue weighted by Gasteiger charge is 2.75. The van der Waals surface area contributed by atoms with Crippen LogP contribution >= 0.6 is 0 Å². The minimum Gasteiger partial charge on any atom is -0.274 e. The predicted octanol–water partition coefficient (Wildman–Crippen LogP) is 1.45. The van der Waals surface area contributed by atoms with Gasteiger partial charge in [-0.3, -0.25) is 19.2 Å². The van der Waals surface area contributed by atoms with Crippen molar-refractivity contribution in [3.05, 3.63) is 60.9 Å². The third kappa shape index (κ3) is 1.94. The third-order valence-corrected chi connectivity index (χ3v) is 8.10. The molecule has 0 spiro atoms. The van der Waals surface area contributed by atoms with Crippen LogP contribution in [0.5, 0.6) is 0 Å². The minimum absolute atomic E-state index is 0.109. The maximum atomic E-state index is 13.4. The molecule has 8 rings (SSSR count).